The molecule has 2 N–H and O–H groups in total. The second-order valence-corrected chi connectivity index (χ2v) is 5.32. The Bertz CT molecular complexity index is 646. The Hall–Kier alpha value is -2.67. The van der Waals surface area contributed by atoms with Crippen molar-refractivity contribution >= 4 is 17.5 Å². The number of ether oxygens (including phenoxy) is 1. The van der Waals surface area contributed by atoms with Crippen molar-refractivity contribution in [3.8, 4) is 5.75 Å². The number of amides is 2. The lowest BCUT2D eigenvalue weighted by molar-refractivity contribution is 0.258. The highest BCUT2D eigenvalue weighted by atomic mass is 16.5. The standard InChI is InChI=1S/C16H21N5O2/c1-12-4-5-14(23-9-8-21(2)3)13(10-12)19-16(22)20-15-11-17-6-7-18-15/h4-7,10-11H,8-9H2,1-3H3,(H2,18,19,20,22). The number of urea groups is 1. The molecule has 122 valence electrons. The van der Waals surface area contributed by atoms with Crippen LogP contribution >= 0.6 is 0 Å². The van der Waals surface area contributed by atoms with Crippen LogP contribution in [-0.2, 0) is 0 Å². The van der Waals surface area contributed by atoms with Crippen molar-refractivity contribution in [3.63, 3.8) is 0 Å². The van der Waals surface area contributed by atoms with Crippen LogP contribution < -0.4 is 15.4 Å². The van der Waals surface area contributed by atoms with Crippen molar-refractivity contribution in [1.82, 2.24) is 14.9 Å². The quantitative estimate of drug-likeness (QED) is 0.855. The van der Waals surface area contributed by atoms with Gasteiger partial charge >= 0.3 is 6.03 Å². The Labute approximate surface area is 135 Å². The molecule has 0 saturated heterocycles. The van der Waals surface area contributed by atoms with Gasteiger partial charge in [0.1, 0.15) is 12.4 Å². The number of aryl methyl sites for hydroxylation is 1. The van der Waals surface area contributed by atoms with Gasteiger partial charge in [0.15, 0.2) is 5.82 Å². The molecule has 1 heterocycles. The van der Waals surface area contributed by atoms with E-state index in [9.17, 15) is 4.79 Å². The number of benzene rings is 1. The second-order valence-electron chi connectivity index (χ2n) is 5.32. The monoisotopic (exact) mass is 315 g/mol. The molecule has 2 amide bonds. The van der Waals surface area contributed by atoms with Crippen LogP contribution in [0.1, 0.15) is 5.56 Å². The summed E-state index contributed by atoms with van der Waals surface area (Å²) in [4.78, 5) is 22.0. The molecule has 0 atom stereocenters. The number of hydrogen-bond donors (Lipinski definition) is 2. The summed E-state index contributed by atoms with van der Waals surface area (Å²) in [5.74, 6) is 1.01. The fraction of sp³-hybridized carbons (Fsp3) is 0.312. The first-order valence-electron chi connectivity index (χ1n) is 7.27. The summed E-state index contributed by atoms with van der Waals surface area (Å²) in [7, 11) is 3.96. The van der Waals surface area contributed by atoms with Gasteiger partial charge in [-0.05, 0) is 38.7 Å². The summed E-state index contributed by atoms with van der Waals surface area (Å²) in [5, 5.41) is 5.41. The maximum atomic E-state index is 12.1. The van der Waals surface area contributed by atoms with E-state index in [1.807, 2.05) is 44.1 Å². The summed E-state index contributed by atoms with van der Waals surface area (Å²) in [6, 6.07) is 5.26. The number of carbonyl (C=O) groups excluding carboxylic acids is 1. The van der Waals surface area contributed by atoms with Crippen LogP contribution in [0.2, 0.25) is 0 Å². The zero-order valence-electron chi connectivity index (χ0n) is 13.5. The lowest BCUT2D eigenvalue weighted by Crippen LogP contribution is -2.22. The molecule has 7 nitrogen and oxygen atoms in total. The molecule has 0 radical (unpaired) electrons. The van der Waals surface area contributed by atoms with Gasteiger partial charge in [0.25, 0.3) is 0 Å². The average Bonchev–Trinajstić information content (AvgIpc) is 2.50. The van der Waals surface area contributed by atoms with E-state index in [1.54, 1.807) is 6.20 Å². The van der Waals surface area contributed by atoms with Gasteiger partial charge in [0.2, 0.25) is 0 Å². The van der Waals surface area contributed by atoms with Crippen LogP contribution in [0.5, 0.6) is 5.75 Å². The predicted octanol–water partition coefficient (Wildman–Crippen LogP) is 2.37. The fourth-order valence-electron chi connectivity index (χ4n) is 1.84. The molecule has 1 aromatic carbocycles. The lowest BCUT2D eigenvalue weighted by Gasteiger charge is -2.15. The van der Waals surface area contributed by atoms with E-state index < -0.39 is 6.03 Å². The third-order valence-corrected chi connectivity index (χ3v) is 2.98. The highest BCUT2D eigenvalue weighted by Gasteiger charge is 2.09. The average molecular weight is 315 g/mol. The Balaban J connectivity index is 2.02. The summed E-state index contributed by atoms with van der Waals surface area (Å²) in [6.45, 7) is 3.28. The number of nitrogens with one attached hydrogen (secondary N) is 2. The SMILES string of the molecule is Cc1ccc(OCCN(C)C)c(NC(=O)Nc2cnccn2)c1. The van der Waals surface area contributed by atoms with Gasteiger partial charge in [-0.15, -0.1) is 0 Å². The molecule has 0 aliphatic heterocycles. The van der Waals surface area contributed by atoms with Crippen molar-refractivity contribution in [2.45, 2.75) is 6.92 Å². The molecular formula is C16H21N5O2. The molecule has 0 aliphatic rings. The van der Waals surface area contributed by atoms with Gasteiger partial charge < -0.3 is 15.0 Å². The van der Waals surface area contributed by atoms with E-state index in [4.69, 9.17) is 4.74 Å². The minimum Gasteiger partial charge on any atom is -0.490 e. The lowest BCUT2D eigenvalue weighted by atomic mass is 10.2. The number of aromatic nitrogens is 2. The van der Waals surface area contributed by atoms with Crippen LogP contribution in [0.25, 0.3) is 0 Å². The maximum absolute atomic E-state index is 12.1. The first kappa shape index (κ1) is 16.7. The molecule has 2 rings (SSSR count). The largest absolute Gasteiger partial charge is 0.490 e. The molecule has 0 aliphatic carbocycles. The second kappa shape index (κ2) is 8.09. The van der Waals surface area contributed by atoms with Gasteiger partial charge in [0.05, 0.1) is 11.9 Å². The maximum Gasteiger partial charge on any atom is 0.324 e. The number of rotatable bonds is 6. The topological polar surface area (TPSA) is 79.4 Å². The molecule has 7 heteroatoms. The predicted molar refractivity (Wildman–Crippen MR) is 89.9 cm³/mol. The normalized spacial score (nSPS) is 10.4. The van der Waals surface area contributed by atoms with Crippen molar-refractivity contribution in [1.29, 1.82) is 0 Å². The summed E-state index contributed by atoms with van der Waals surface area (Å²) >= 11 is 0. The first-order valence-corrected chi connectivity index (χ1v) is 7.27. The van der Waals surface area contributed by atoms with E-state index >= 15 is 0 Å². The zero-order chi connectivity index (χ0) is 16.7. The van der Waals surface area contributed by atoms with Gasteiger partial charge in [-0.3, -0.25) is 10.3 Å². The summed E-state index contributed by atoms with van der Waals surface area (Å²) in [5.41, 5.74) is 1.64. The Morgan fingerprint density at radius 1 is 1.26 bits per heavy atom. The van der Waals surface area contributed by atoms with E-state index in [2.05, 4.69) is 20.6 Å². The molecule has 0 unspecified atom stereocenters. The molecule has 0 bridgehead atoms. The van der Waals surface area contributed by atoms with Crippen LogP contribution in [-0.4, -0.2) is 48.1 Å². The van der Waals surface area contributed by atoms with Gasteiger partial charge in [-0.2, -0.15) is 0 Å². The molecule has 2 aromatic rings. The molecule has 23 heavy (non-hydrogen) atoms. The Morgan fingerprint density at radius 3 is 2.78 bits per heavy atom. The highest BCUT2D eigenvalue weighted by Crippen LogP contribution is 2.25. The number of anilines is 2. The Morgan fingerprint density at radius 2 is 2.09 bits per heavy atom. The molecular weight excluding hydrogens is 294 g/mol. The fourth-order valence-corrected chi connectivity index (χ4v) is 1.84. The minimum absolute atomic E-state index is 0.382. The number of nitrogens with zero attached hydrogens (tertiary/aromatic N) is 3. The third-order valence-electron chi connectivity index (χ3n) is 2.98. The smallest absolute Gasteiger partial charge is 0.324 e. The molecule has 0 spiro atoms. The van der Waals surface area contributed by atoms with Gasteiger partial charge in [-0.1, -0.05) is 6.07 Å². The van der Waals surface area contributed by atoms with E-state index in [1.165, 1.54) is 12.4 Å². The summed E-state index contributed by atoms with van der Waals surface area (Å²) < 4.78 is 5.74. The van der Waals surface area contributed by atoms with Gasteiger partial charge in [-0.25, -0.2) is 9.78 Å². The third kappa shape index (κ3) is 5.55. The van der Waals surface area contributed by atoms with Crippen LogP contribution in [0, 0.1) is 6.92 Å². The van der Waals surface area contributed by atoms with Crippen LogP contribution in [0.15, 0.2) is 36.8 Å². The highest BCUT2D eigenvalue weighted by molar-refractivity contribution is 6.00. The summed E-state index contributed by atoms with van der Waals surface area (Å²) in [6.07, 6.45) is 4.53. The first-order chi connectivity index (χ1) is 11.0. The van der Waals surface area contributed by atoms with E-state index in [0.29, 0.717) is 23.9 Å². The number of carbonyl (C=O) groups is 1. The van der Waals surface area contributed by atoms with Crippen molar-refractivity contribution in [3.05, 3.63) is 42.4 Å². The van der Waals surface area contributed by atoms with Gasteiger partial charge in [0, 0.05) is 18.9 Å². The molecule has 1 aromatic heterocycles. The number of hydrogen-bond acceptors (Lipinski definition) is 5. The Kier molecular flexibility index (Phi) is 5.87. The van der Waals surface area contributed by atoms with E-state index in [-0.39, 0.29) is 0 Å². The van der Waals surface area contributed by atoms with Crippen molar-refractivity contribution < 1.29 is 9.53 Å². The van der Waals surface area contributed by atoms with Crippen LogP contribution in [0.4, 0.5) is 16.3 Å². The van der Waals surface area contributed by atoms with Crippen molar-refractivity contribution in [2.24, 2.45) is 0 Å². The zero-order valence-corrected chi connectivity index (χ0v) is 13.5. The van der Waals surface area contributed by atoms with Crippen LogP contribution in [0.3, 0.4) is 0 Å². The minimum atomic E-state index is -0.395. The van der Waals surface area contributed by atoms with Crippen molar-refractivity contribution in [2.75, 3.05) is 37.9 Å². The molecule has 0 saturated carbocycles. The number of likely N-dealkylation sites (N-methyl/N-ethyl adjacent to an activating group) is 1. The molecule has 0 fully saturated rings. The van der Waals surface area contributed by atoms with E-state index in [0.717, 1.165) is 12.1 Å².